The van der Waals surface area contributed by atoms with Crippen LogP contribution in [-0.2, 0) is 4.74 Å². The maximum atomic E-state index is 13.3. The molecular weight excluding hydrogens is 264 g/mol. The highest BCUT2D eigenvalue weighted by atomic mass is 19.2. The Hall–Kier alpha value is -1.20. The Bertz CT molecular complexity index is 495. The van der Waals surface area contributed by atoms with Crippen LogP contribution in [0.1, 0.15) is 25.7 Å². The summed E-state index contributed by atoms with van der Waals surface area (Å²) in [4.78, 5) is 0. The third kappa shape index (κ3) is 2.40. The summed E-state index contributed by atoms with van der Waals surface area (Å²) in [6, 6.07) is 3.40. The predicted molar refractivity (Wildman–Crippen MR) is 71.5 cm³/mol. The van der Waals surface area contributed by atoms with Crippen molar-refractivity contribution in [1.82, 2.24) is 0 Å². The Balaban J connectivity index is 1.79. The predicted octanol–water partition coefficient (Wildman–Crippen LogP) is 2.70. The number of rotatable bonds is 2. The molecule has 0 amide bonds. The molecule has 3 rings (SSSR count). The summed E-state index contributed by atoms with van der Waals surface area (Å²) in [6.07, 6.45) is 3.77. The van der Waals surface area contributed by atoms with Crippen LogP contribution in [0, 0.1) is 17.6 Å². The Labute approximate surface area is 116 Å². The maximum absolute atomic E-state index is 13.3. The minimum Gasteiger partial charge on any atom is -0.387 e. The lowest BCUT2D eigenvalue weighted by Gasteiger charge is -2.48. The Morgan fingerprint density at radius 1 is 1.20 bits per heavy atom. The van der Waals surface area contributed by atoms with Gasteiger partial charge in [0.2, 0.25) is 0 Å². The number of hydrogen-bond donors (Lipinski definition) is 2. The van der Waals surface area contributed by atoms with E-state index in [4.69, 9.17) is 4.74 Å². The fraction of sp³-hybridized carbons (Fsp3) is 0.600. The minimum atomic E-state index is -0.890. The first-order valence-corrected chi connectivity index (χ1v) is 7.11. The van der Waals surface area contributed by atoms with Gasteiger partial charge in [0.25, 0.3) is 0 Å². The molecule has 1 unspecified atom stereocenters. The molecule has 2 fully saturated rings. The molecule has 1 aromatic carbocycles. The van der Waals surface area contributed by atoms with Gasteiger partial charge in [0, 0.05) is 17.7 Å². The van der Waals surface area contributed by atoms with Gasteiger partial charge in [-0.25, -0.2) is 8.78 Å². The quantitative estimate of drug-likeness (QED) is 0.877. The fourth-order valence-electron chi connectivity index (χ4n) is 3.37. The van der Waals surface area contributed by atoms with Gasteiger partial charge in [-0.05, 0) is 25.0 Å². The van der Waals surface area contributed by atoms with Crippen LogP contribution in [0.5, 0.6) is 0 Å². The van der Waals surface area contributed by atoms with Crippen LogP contribution in [0.2, 0.25) is 0 Å². The zero-order valence-corrected chi connectivity index (χ0v) is 11.2. The van der Waals surface area contributed by atoms with Gasteiger partial charge in [-0.3, -0.25) is 0 Å². The number of benzene rings is 1. The average molecular weight is 283 g/mol. The molecule has 1 aliphatic heterocycles. The first-order valence-electron chi connectivity index (χ1n) is 7.11. The van der Waals surface area contributed by atoms with E-state index in [0.717, 1.165) is 37.8 Å². The lowest BCUT2D eigenvalue weighted by molar-refractivity contribution is -0.139. The van der Waals surface area contributed by atoms with Gasteiger partial charge < -0.3 is 15.2 Å². The van der Waals surface area contributed by atoms with Crippen molar-refractivity contribution in [3.8, 4) is 0 Å². The minimum absolute atomic E-state index is 0.118. The van der Waals surface area contributed by atoms with E-state index < -0.39 is 17.2 Å². The van der Waals surface area contributed by atoms with E-state index in [-0.39, 0.29) is 12.0 Å². The number of fused-ring (bicyclic) bond motifs is 1. The van der Waals surface area contributed by atoms with E-state index in [1.807, 2.05) is 0 Å². The fourth-order valence-corrected chi connectivity index (χ4v) is 3.37. The van der Waals surface area contributed by atoms with Gasteiger partial charge in [0.1, 0.15) is 0 Å². The highest BCUT2D eigenvalue weighted by Crippen LogP contribution is 2.40. The number of anilines is 1. The smallest absolute Gasteiger partial charge is 0.160 e. The molecule has 1 saturated carbocycles. The first kappa shape index (κ1) is 13.8. The molecule has 1 aliphatic carbocycles. The van der Waals surface area contributed by atoms with E-state index >= 15 is 0 Å². The van der Waals surface area contributed by atoms with Crippen molar-refractivity contribution in [2.45, 2.75) is 37.3 Å². The summed E-state index contributed by atoms with van der Waals surface area (Å²) in [5, 5.41) is 14.0. The summed E-state index contributed by atoms with van der Waals surface area (Å²) in [5.74, 6) is -1.64. The molecule has 2 N–H and O–H groups in total. The second-order valence-corrected chi connectivity index (χ2v) is 5.80. The average Bonchev–Trinajstić information content (AvgIpc) is 2.43. The zero-order chi connectivity index (χ0) is 14.2. The van der Waals surface area contributed by atoms with E-state index in [9.17, 15) is 13.9 Å². The normalized spacial score (nSPS) is 33.5. The van der Waals surface area contributed by atoms with E-state index in [0.29, 0.717) is 18.9 Å². The monoisotopic (exact) mass is 283 g/mol. The molecular formula is C15H19F2NO2. The summed E-state index contributed by atoms with van der Waals surface area (Å²) in [6.45, 7) is 0.957. The van der Waals surface area contributed by atoms with E-state index in [1.165, 1.54) is 6.07 Å². The zero-order valence-electron chi connectivity index (χ0n) is 11.2. The van der Waals surface area contributed by atoms with Gasteiger partial charge in [-0.2, -0.15) is 0 Å². The van der Waals surface area contributed by atoms with Gasteiger partial charge in [0.15, 0.2) is 11.6 Å². The molecule has 1 aromatic rings. The Morgan fingerprint density at radius 3 is 2.85 bits per heavy atom. The van der Waals surface area contributed by atoms with Crippen LogP contribution < -0.4 is 5.32 Å². The topological polar surface area (TPSA) is 41.5 Å². The molecule has 3 atom stereocenters. The standard InChI is InChI=1S/C15H19F2NO2/c16-12-5-4-11(7-13(12)17)18-14-9-20-8-10-3-1-2-6-15(10,14)19/h4-5,7,10,14,18-19H,1-3,6,8-9H2/t10-,14-,15?/m1/s1. The van der Waals surface area contributed by atoms with Crippen molar-refractivity contribution < 1.29 is 18.6 Å². The highest BCUT2D eigenvalue weighted by Gasteiger charge is 2.48. The molecule has 2 aliphatic rings. The van der Waals surface area contributed by atoms with E-state index in [2.05, 4.69) is 5.32 Å². The molecule has 3 nitrogen and oxygen atoms in total. The van der Waals surface area contributed by atoms with Gasteiger partial charge >= 0.3 is 0 Å². The van der Waals surface area contributed by atoms with Crippen LogP contribution in [0.4, 0.5) is 14.5 Å². The van der Waals surface area contributed by atoms with E-state index in [1.54, 1.807) is 0 Å². The summed E-state index contributed by atoms with van der Waals surface area (Å²) < 4.78 is 31.8. The van der Waals surface area contributed by atoms with Crippen molar-refractivity contribution in [2.75, 3.05) is 18.5 Å². The van der Waals surface area contributed by atoms with Gasteiger partial charge in [-0.15, -0.1) is 0 Å². The molecule has 5 heteroatoms. The molecule has 0 spiro atoms. The molecule has 110 valence electrons. The maximum Gasteiger partial charge on any atom is 0.160 e. The number of halogens is 2. The summed E-state index contributed by atoms with van der Waals surface area (Å²) in [5.41, 5.74) is -0.349. The van der Waals surface area contributed by atoms with Crippen LogP contribution in [-0.4, -0.2) is 30.0 Å². The molecule has 1 saturated heterocycles. The molecule has 20 heavy (non-hydrogen) atoms. The van der Waals surface area contributed by atoms with Crippen molar-refractivity contribution in [3.05, 3.63) is 29.8 Å². The lowest BCUT2D eigenvalue weighted by Crippen LogP contribution is -2.60. The second-order valence-electron chi connectivity index (χ2n) is 5.80. The number of aliphatic hydroxyl groups is 1. The third-order valence-electron chi connectivity index (χ3n) is 4.55. The number of nitrogens with one attached hydrogen (secondary N) is 1. The lowest BCUT2D eigenvalue weighted by atomic mass is 9.70. The molecule has 0 bridgehead atoms. The number of hydrogen-bond acceptors (Lipinski definition) is 3. The van der Waals surface area contributed by atoms with Crippen LogP contribution >= 0.6 is 0 Å². The number of ether oxygens (including phenoxy) is 1. The van der Waals surface area contributed by atoms with Crippen molar-refractivity contribution in [3.63, 3.8) is 0 Å². The molecule has 0 aromatic heterocycles. The highest BCUT2D eigenvalue weighted by molar-refractivity contribution is 5.45. The van der Waals surface area contributed by atoms with Crippen molar-refractivity contribution >= 4 is 5.69 Å². The van der Waals surface area contributed by atoms with Gasteiger partial charge in [-0.1, -0.05) is 12.8 Å². The summed E-state index contributed by atoms with van der Waals surface area (Å²) >= 11 is 0. The van der Waals surface area contributed by atoms with Crippen molar-refractivity contribution in [1.29, 1.82) is 0 Å². The van der Waals surface area contributed by atoms with Gasteiger partial charge in [0.05, 0.1) is 24.9 Å². The molecule has 0 radical (unpaired) electrons. The first-order chi connectivity index (χ1) is 9.59. The molecule has 1 heterocycles. The Morgan fingerprint density at radius 2 is 2.05 bits per heavy atom. The Kier molecular flexibility index (Phi) is 3.65. The summed E-state index contributed by atoms with van der Waals surface area (Å²) in [7, 11) is 0. The second kappa shape index (κ2) is 5.30. The largest absolute Gasteiger partial charge is 0.387 e. The van der Waals surface area contributed by atoms with Crippen LogP contribution in [0.25, 0.3) is 0 Å². The van der Waals surface area contributed by atoms with Crippen LogP contribution in [0.3, 0.4) is 0 Å². The SMILES string of the molecule is OC12CCCC[C@@H]1COC[C@H]2Nc1ccc(F)c(F)c1. The third-order valence-corrected chi connectivity index (χ3v) is 4.55. The van der Waals surface area contributed by atoms with Crippen LogP contribution in [0.15, 0.2) is 18.2 Å². The van der Waals surface area contributed by atoms with Crippen molar-refractivity contribution in [2.24, 2.45) is 5.92 Å².